The number of carbonyl (C=O) groups excluding carboxylic acids is 1. The highest BCUT2D eigenvalue weighted by atomic mass is 35.5. The van der Waals surface area contributed by atoms with Crippen LogP contribution >= 0.6 is 23.2 Å². The molecule has 1 aromatic carbocycles. The van der Waals surface area contributed by atoms with Crippen LogP contribution in [0.3, 0.4) is 0 Å². The summed E-state index contributed by atoms with van der Waals surface area (Å²) in [5.74, 6) is 0.0223. The first-order valence-electron chi connectivity index (χ1n) is 8.15. The highest BCUT2D eigenvalue weighted by molar-refractivity contribution is 6.40. The van der Waals surface area contributed by atoms with Crippen molar-refractivity contribution in [3.63, 3.8) is 0 Å². The van der Waals surface area contributed by atoms with Gasteiger partial charge in [0.25, 0.3) is 5.91 Å². The van der Waals surface area contributed by atoms with Crippen LogP contribution in [-0.4, -0.2) is 32.2 Å². The molecule has 0 radical (unpaired) electrons. The predicted octanol–water partition coefficient (Wildman–Crippen LogP) is 4.04. The number of para-hydroxylation sites is 1. The van der Waals surface area contributed by atoms with Crippen molar-refractivity contribution in [2.45, 2.75) is 18.9 Å². The summed E-state index contributed by atoms with van der Waals surface area (Å²) < 4.78 is 5.79. The molecule has 10 heteroatoms. The van der Waals surface area contributed by atoms with Gasteiger partial charge in [-0.3, -0.25) is 9.89 Å². The third-order valence-electron chi connectivity index (χ3n) is 3.76. The number of hydrogen-bond donors (Lipinski definition) is 3. The Morgan fingerprint density at radius 2 is 2.00 bits per heavy atom. The molecule has 3 aromatic rings. The summed E-state index contributed by atoms with van der Waals surface area (Å²) >= 11 is 12.2. The molecule has 1 amide bonds. The third-order valence-corrected chi connectivity index (χ3v) is 4.39. The van der Waals surface area contributed by atoms with Gasteiger partial charge in [0.05, 0.1) is 27.6 Å². The monoisotopic (exact) mass is 404 g/mol. The molecule has 1 aliphatic carbocycles. The highest BCUT2D eigenvalue weighted by Gasteiger charge is 2.27. The summed E-state index contributed by atoms with van der Waals surface area (Å²) in [4.78, 5) is 21.2. The van der Waals surface area contributed by atoms with Crippen molar-refractivity contribution >= 4 is 46.4 Å². The first-order chi connectivity index (χ1) is 13.1. The molecular weight excluding hydrogens is 391 g/mol. The molecule has 0 atom stereocenters. The maximum absolute atomic E-state index is 12.7. The molecular formula is C17H14Cl2N6O2. The summed E-state index contributed by atoms with van der Waals surface area (Å²) in [6.07, 6.45) is 6.54. The minimum atomic E-state index is -0.462. The Bertz CT molecular complexity index is 955. The summed E-state index contributed by atoms with van der Waals surface area (Å²) in [5, 5.41) is 12.9. The number of nitrogens with one attached hydrogen (secondary N) is 3. The van der Waals surface area contributed by atoms with Crippen LogP contribution in [0.15, 0.2) is 36.8 Å². The second kappa shape index (κ2) is 7.42. The van der Waals surface area contributed by atoms with Gasteiger partial charge >= 0.3 is 0 Å². The standard InChI is InChI=1S/C17H14Cl2N6O2/c18-12-2-1-3-13(19)14(12)24-15(26)11-8-20-17(23-9-6-21-22-7-9)25-16(11)27-10-4-5-10/h1-3,6-8,10H,4-5H2,(H,21,22)(H,24,26)(H,20,23,25). The van der Waals surface area contributed by atoms with Crippen molar-refractivity contribution in [1.29, 1.82) is 0 Å². The number of anilines is 3. The van der Waals surface area contributed by atoms with Crippen molar-refractivity contribution in [2.24, 2.45) is 0 Å². The Labute approximate surface area is 164 Å². The fraction of sp³-hybridized carbons (Fsp3) is 0.176. The molecule has 2 aromatic heterocycles. The van der Waals surface area contributed by atoms with Crippen LogP contribution in [0.2, 0.25) is 10.0 Å². The third kappa shape index (κ3) is 4.12. The second-order valence-electron chi connectivity index (χ2n) is 5.89. The van der Waals surface area contributed by atoms with E-state index in [9.17, 15) is 4.79 Å². The molecule has 27 heavy (non-hydrogen) atoms. The van der Waals surface area contributed by atoms with Crippen LogP contribution in [0.5, 0.6) is 5.88 Å². The fourth-order valence-corrected chi connectivity index (χ4v) is 2.75. The molecule has 3 N–H and O–H groups in total. The number of hydrogen-bond acceptors (Lipinski definition) is 6. The predicted molar refractivity (Wildman–Crippen MR) is 102 cm³/mol. The fourth-order valence-electron chi connectivity index (χ4n) is 2.26. The van der Waals surface area contributed by atoms with E-state index in [0.717, 1.165) is 12.8 Å². The number of amides is 1. The Morgan fingerprint density at radius 3 is 2.67 bits per heavy atom. The van der Waals surface area contributed by atoms with Gasteiger partial charge in [0.15, 0.2) is 0 Å². The lowest BCUT2D eigenvalue weighted by atomic mass is 10.2. The quantitative estimate of drug-likeness (QED) is 0.572. The lowest BCUT2D eigenvalue weighted by Crippen LogP contribution is -2.16. The largest absolute Gasteiger partial charge is 0.474 e. The topological polar surface area (TPSA) is 105 Å². The van der Waals surface area contributed by atoms with Gasteiger partial charge in [-0.15, -0.1) is 0 Å². The number of ether oxygens (including phenoxy) is 1. The van der Waals surface area contributed by atoms with E-state index < -0.39 is 5.91 Å². The van der Waals surface area contributed by atoms with E-state index in [1.54, 1.807) is 30.6 Å². The zero-order valence-electron chi connectivity index (χ0n) is 13.9. The Kier molecular flexibility index (Phi) is 4.83. The molecule has 4 rings (SSSR count). The van der Waals surface area contributed by atoms with Crippen LogP contribution in [0, 0.1) is 0 Å². The van der Waals surface area contributed by atoms with Crippen molar-refractivity contribution in [2.75, 3.05) is 10.6 Å². The van der Waals surface area contributed by atoms with Gasteiger partial charge in [0.2, 0.25) is 11.8 Å². The summed E-state index contributed by atoms with van der Waals surface area (Å²) in [5.41, 5.74) is 1.20. The van der Waals surface area contributed by atoms with Crippen molar-refractivity contribution < 1.29 is 9.53 Å². The normalized spacial score (nSPS) is 13.3. The lowest BCUT2D eigenvalue weighted by Gasteiger charge is -2.13. The number of carbonyl (C=O) groups is 1. The zero-order valence-corrected chi connectivity index (χ0v) is 15.4. The number of aromatic nitrogens is 4. The average molecular weight is 405 g/mol. The van der Waals surface area contributed by atoms with Gasteiger partial charge in [-0.05, 0) is 25.0 Å². The Morgan fingerprint density at radius 1 is 1.22 bits per heavy atom. The van der Waals surface area contributed by atoms with Gasteiger partial charge in [0, 0.05) is 12.4 Å². The molecule has 1 saturated carbocycles. The van der Waals surface area contributed by atoms with Crippen LogP contribution < -0.4 is 15.4 Å². The molecule has 2 heterocycles. The molecule has 0 saturated heterocycles. The van der Waals surface area contributed by atoms with Crippen molar-refractivity contribution in [3.8, 4) is 5.88 Å². The van der Waals surface area contributed by atoms with Gasteiger partial charge in [-0.25, -0.2) is 4.98 Å². The van der Waals surface area contributed by atoms with Gasteiger partial charge < -0.3 is 15.4 Å². The molecule has 0 bridgehead atoms. The van der Waals surface area contributed by atoms with E-state index >= 15 is 0 Å². The second-order valence-corrected chi connectivity index (χ2v) is 6.71. The summed E-state index contributed by atoms with van der Waals surface area (Å²) in [6.45, 7) is 0. The van der Waals surface area contributed by atoms with E-state index in [1.165, 1.54) is 6.20 Å². The van der Waals surface area contributed by atoms with E-state index in [1.807, 2.05) is 0 Å². The number of benzene rings is 1. The number of aromatic amines is 1. The molecule has 0 unspecified atom stereocenters. The van der Waals surface area contributed by atoms with Gasteiger partial charge in [-0.1, -0.05) is 29.3 Å². The van der Waals surface area contributed by atoms with Crippen LogP contribution in [0.1, 0.15) is 23.2 Å². The van der Waals surface area contributed by atoms with Crippen LogP contribution in [-0.2, 0) is 0 Å². The lowest BCUT2D eigenvalue weighted by molar-refractivity contribution is 0.102. The Hall–Kier alpha value is -2.84. The van der Waals surface area contributed by atoms with Crippen molar-refractivity contribution in [3.05, 3.63) is 52.4 Å². The molecule has 1 fully saturated rings. The first kappa shape index (κ1) is 17.6. The smallest absolute Gasteiger partial charge is 0.262 e. The number of H-pyrrole nitrogens is 1. The van der Waals surface area contributed by atoms with E-state index in [-0.39, 0.29) is 17.5 Å². The maximum atomic E-state index is 12.7. The molecule has 0 aliphatic heterocycles. The average Bonchev–Trinajstić information content (AvgIpc) is 3.31. The highest BCUT2D eigenvalue weighted by Crippen LogP contribution is 2.32. The summed E-state index contributed by atoms with van der Waals surface area (Å²) in [6, 6.07) is 4.97. The zero-order chi connectivity index (χ0) is 18.8. The minimum absolute atomic E-state index is 0.0529. The minimum Gasteiger partial charge on any atom is -0.474 e. The molecule has 0 spiro atoms. The first-order valence-corrected chi connectivity index (χ1v) is 8.90. The number of nitrogens with zero attached hydrogens (tertiary/aromatic N) is 3. The molecule has 138 valence electrons. The van der Waals surface area contributed by atoms with E-state index in [0.29, 0.717) is 27.4 Å². The van der Waals surface area contributed by atoms with Crippen molar-refractivity contribution in [1.82, 2.24) is 20.2 Å². The molecule has 1 aliphatic rings. The maximum Gasteiger partial charge on any atom is 0.262 e. The van der Waals surface area contributed by atoms with Gasteiger partial charge in [0.1, 0.15) is 11.7 Å². The Balaban J connectivity index is 1.61. The number of rotatable bonds is 6. The van der Waals surface area contributed by atoms with E-state index in [2.05, 4.69) is 30.8 Å². The summed E-state index contributed by atoms with van der Waals surface area (Å²) in [7, 11) is 0. The SMILES string of the molecule is O=C(Nc1c(Cl)cccc1Cl)c1cnc(Nc2cn[nH]c2)nc1OC1CC1. The van der Waals surface area contributed by atoms with Gasteiger partial charge in [-0.2, -0.15) is 10.1 Å². The van der Waals surface area contributed by atoms with Crippen LogP contribution in [0.25, 0.3) is 0 Å². The van der Waals surface area contributed by atoms with E-state index in [4.69, 9.17) is 27.9 Å². The van der Waals surface area contributed by atoms with Crippen LogP contribution in [0.4, 0.5) is 17.3 Å². The molecule has 8 nitrogen and oxygen atoms in total. The number of halogens is 2.